The fourth-order valence-electron chi connectivity index (χ4n) is 2.05. The summed E-state index contributed by atoms with van der Waals surface area (Å²) in [5.41, 5.74) is 1.39. The Morgan fingerprint density at radius 1 is 1.13 bits per heavy atom. The van der Waals surface area contributed by atoms with Crippen LogP contribution in [0.5, 0.6) is 0 Å². The average Bonchev–Trinajstić information content (AvgIpc) is 2.53. The van der Waals surface area contributed by atoms with Crippen LogP contribution in [0.2, 0.25) is 5.02 Å². The predicted molar refractivity (Wildman–Crippen MR) is 89.2 cm³/mol. The first kappa shape index (κ1) is 17.0. The molecule has 2 rings (SSSR count). The minimum Gasteiger partial charge on any atom is -0.461 e. The lowest BCUT2D eigenvalue weighted by Gasteiger charge is -2.13. The molecule has 1 atom stereocenters. The second-order valence-corrected chi connectivity index (χ2v) is 5.67. The van der Waals surface area contributed by atoms with Crippen LogP contribution in [0, 0.1) is 0 Å². The van der Waals surface area contributed by atoms with Crippen LogP contribution in [0.25, 0.3) is 0 Å². The van der Waals surface area contributed by atoms with Crippen molar-refractivity contribution in [2.75, 3.05) is 0 Å². The van der Waals surface area contributed by atoms with Crippen LogP contribution in [-0.4, -0.2) is 17.9 Å². The highest BCUT2D eigenvalue weighted by Gasteiger charge is 2.14. The van der Waals surface area contributed by atoms with Crippen LogP contribution in [0.1, 0.15) is 29.3 Å². The summed E-state index contributed by atoms with van der Waals surface area (Å²) in [6.45, 7) is 1.93. The van der Waals surface area contributed by atoms with Crippen molar-refractivity contribution in [2.24, 2.45) is 0 Å². The maximum atomic E-state index is 12.0. The molecule has 23 heavy (non-hydrogen) atoms. The van der Waals surface area contributed by atoms with E-state index in [0.29, 0.717) is 10.6 Å². The first-order chi connectivity index (χ1) is 11.0. The summed E-state index contributed by atoms with van der Waals surface area (Å²) in [6.07, 6.45) is 0.110. The quantitative estimate of drug-likeness (QED) is 0.823. The first-order valence-electron chi connectivity index (χ1n) is 7.30. The Hall–Kier alpha value is -2.33. The van der Waals surface area contributed by atoms with Gasteiger partial charge in [0.2, 0.25) is 0 Å². The summed E-state index contributed by atoms with van der Waals surface area (Å²) in [5.74, 6) is -0.577. The van der Waals surface area contributed by atoms with Crippen molar-refractivity contribution in [2.45, 2.75) is 26.0 Å². The van der Waals surface area contributed by atoms with E-state index in [1.54, 1.807) is 49.4 Å². The lowest BCUT2D eigenvalue weighted by Crippen LogP contribution is -2.34. The summed E-state index contributed by atoms with van der Waals surface area (Å²) < 4.78 is 5.19. The summed E-state index contributed by atoms with van der Waals surface area (Å²) >= 11 is 5.87. The lowest BCUT2D eigenvalue weighted by molar-refractivity contribution is -0.145. The number of amides is 1. The van der Waals surface area contributed by atoms with Crippen LogP contribution >= 0.6 is 11.6 Å². The van der Waals surface area contributed by atoms with E-state index in [2.05, 4.69) is 5.32 Å². The van der Waals surface area contributed by atoms with Gasteiger partial charge >= 0.3 is 5.97 Å². The molecule has 0 saturated carbocycles. The number of esters is 1. The van der Waals surface area contributed by atoms with Crippen LogP contribution in [0.4, 0.5) is 0 Å². The topological polar surface area (TPSA) is 55.4 Å². The molecule has 0 aliphatic heterocycles. The van der Waals surface area contributed by atoms with Crippen LogP contribution in [0.3, 0.4) is 0 Å². The molecule has 0 bridgehead atoms. The van der Waals surface area contributed by atoms with Gasteiger partial charge in [0.25, 0.3) is 5.91 Å². The Kier molecular flexibility index (Phi) is 6.18. The molecule has 1 amide bonds. The maximum Gasteiger partial charge on any atom is 0.308 e. The second kappa shape index (κ2) is 8.34. The average molecular weight is 332 g/mol. The number of ether oxygens (including phenoxy) is 1. The SMILES string of the molecule is CC(CC(=O)OCc1cccc(Cl)c1)NC(=O)c1ccccc1. The number of carbonyl (C=O) groups excluding carboxylic acids is 2. The van der Waals surface area contributed by atoms with Crippen LogP contribution < -0.4 is 5.32 Å². The molecule has 1 N–H and O–H groups in total. The van der Waals surface area contributed by atoms with Crippen LogP contribution in [0.15, 0.2) is 54.6 Å². The fraction of sp³-hybridized carbons (Fsp3) is 0.222. The van der Waals surface area contributed by atoms with Crippen molar-refractivity contribution in [3.05, 3.63) is 70.7 Å². The van der Waals surface area contributed by atoms with Gasteiger partial charge in [-0.3, -0.25) is 9.59 Å². The van der Waals surface area contributed by atoms with Gasteiger partial charge < -0.3 is 10.1 Å². The Morgan fingerprint density at radius 3 is 2.57 bits per heavy atom. The number of hydrogen-bond acceptors (Lipinski definition) is 3. The Balaban J connectivity index is 1.77. The maximum absolute atomic E-state index is 12.0. The zero-order valence-electron chi connectivity index (χ0n) is 12.8. The third-order valence-electron chi connectivity index (χ3n) is 3.18. The lowest BCUT2D eigenvalue weighted by atomic mass is 10.2. The molecule has 1 unspecified atom stereocenters. The van der Waals surface area contributed by atoms with E-state index < -0.39 is 0 Å². The number of hydrogen-bond donors (Lipinski definition) is 1. The minimum absolute atomic E-state index is 0.110. The van der Waals surface area contributed by atoms with E-state index in [0.717, 1.165) is 5.56 Å². The number of nitrogens with one attached hydrogen (secondary N) is 1. The summed E-state index contributed by atoms with van der Waals surface area (Å²) in [5, 5.41) is 3.37. The van der Waals surface area contributed by atoms with Gasteiger partial charge in [0, 0.05) is 16.6 Å². The Bertz CT molecular complexity index is 673. The molecule has 120 valence electrons. The fourth-order valence-corrected chi connectivity index (χ4v) is 2.26. The molecule has 0 aromatic heterocycles. The third-order valence-corrected chi connectivity index (χ3v) is 3.41. The molecule has 0 aliphatic rings. The molecule has 5 heteroatoms. The zero-order chi connectivity index (χ0) is 16.7. The standard InChI is InChI=1S/C18H18ClNO3/c1-13(20-18(22)15-7-3-2-4-8-15)10-17(21)23-12-14-6-5-9-16(19)11-14/h2-9,11,13H,10,12H2,1H3,(H,20,22). The van der Waals surface area contributed by atoms with Crippen molar-refractivity contribution < 1.29 is 14.3 Å². The molecule has 0 aliphatic carbocycles. The largest absolute Gasteiger partial charge is 0.461 e. The molecule has 0 radical (unpaired) electrons. The molecular formula is C18H18ClNO3. The highest BCUT2D eigenvalue weighted by molar-refractivity contribution is 6.30. The van der Waals surface area contributed by atoms with Crippen molar-refractivity contribution >= 4 is 23.5 Å². The Morgan fingerprint density at radius 2 is 1.87 bits per heavy atom. The number of rotatable bonds is 6. The Labute approximate surface area is 140 Å². The van der Waals surface area contributed by atoms with Gasteiger partial charge in [-0.25, -0.2) is 0 Å². The van der Waals surface area contributed by atoms with E-state index in [1.807, 2.05) is 12.1 Å². The second-order valence-electron chi connectivity index (χ2n) is 5.24. The van der Waals surface area contributed by atoms with Gasteiger partial charge in [0.1, 0.15) is 6.61 Å². The third kappa shape index (κ3) is 5.75. The van der Waals surface area contributed by atoms with E-state index in [9.17, 15) is 9.59 Å². The van der Waals surface area contributed by atoms with Gasteiger partial charge in [-0.05, 0) is 36.8 Å². The highest BCUT2D eigenvalue weighted by atomic mass is 35.5. The summed E-state index contributed by atoms with van der Waals surface area (Å²) in [6, 6.07) is 15.7. The van der Waals surface area contributed by atoms with Crippen LogP contribution in [-0.2, 0) is 16.1 Å². The molecule has 0 spiro atoms. The van der Waals surface area contributed by atoms with Gasteiger partial charge in [-0.1, -0.05) is 41.9 Å². The van der Waals surface area contributed by atoms with Gasteiger partial charge in [0.05, 0.1) is 6.42 Å². The van der Waals surface area contributed by atoms with Gasteiger partial charge in [0.15, 0.2) is 0 Å². The monoisotopic (exact) mass is 331 g/mol. The van der Waals surface area contributed by atoms with E-state index in [4.69, 9.17) is 16.3 Å². The molecule has 2 aromatic carbocycles. The molecular weight excluding hydrogens is 314 g/mol. The van der Waals surface area contributed by atoms with E-state index in [-0.39, 0.29) is 30.9 Å². The minimum atomic E-state index is -0.370. The number of halogens is 1. The summed E-state index contributed by atoms with van der Waals surface area (Å²) in [7, 11) is 0. The smallest absolute Gasteiger partial charge is 0.308 e. The van der Waals surface area contributed by atoms with Crippen molar-refractivity contribution in [3.63, 3.8) is 0 Å². The van der Waals surface area contributed by atoms with Crippen molar-refractivity contribution in [1.29, 1.82) is 0 Å². The van der Waals surface area contributed by atoms with E-state index in [1.165, 1.54) is 0 Å². The summed E-state index contributed by atoms with van der Waals surface area (Å²) in [4.78, 5) is 23.8. The molecule has 0 saturated heterocycles. The highest BCUT2D eigenvalue weighted by Crippen LogP contribution is 2.12. The predicted octanol–water partition coefficient (Wildman–Crippen LogP) is 3.59. The van der Waals surface area contributed by atoms with E-state index >= 15 is 0 Å². The molecule has 0 fully saturated rings. The normalized spacial score (nSPS) is 11.6. The number of benzene rings is 2. The number of carbonyl (C=O) groups is 2. The first-order valence-corrected chi connectivity index (χ1v) is 7.68. The molecule has 0 heterocycles. The van der Waals surface area contributed by atoms with Gasteiger partial charge in [-0.2, -0.15) is 0 Å². The van der Waals surface area contributed by atoms with Gasteiger partial charge in [-0.15, -0.1) is 0 Å². The van der Waals surface area contributed by atoms with Crippen molar-refractivity contribution in [1.82, 2.24) is 5.32 Å². The van der Waals surface area contributed by atoms with Crippen molar-refractivity contribution in [3.8, 4) is 0 Å². The molecule has 2 aromatic rings. The zero-order valence-corrected chi connectivity index (χ0v) is 13.5. The molecule has 4 nitrogen and oxygen atoms in total.